The summed E-state index contributed by atoms with van der Waals surface area (Å²) in [6.07, 6.45) is 6.87. The fourth-order valence-corrected chi connectivity index (χ4v) is 3.59. The molecule has 0 radical (unpaired) electrons. The number of hydrogen-bond acceptors (Lipinski definition) is 3. The van der Waals surface area contributed by atoms with E-state index in [1.807, 2.05) is 0 Å². The van der Waals surface area contributed by atoms with Gasteiger partial charge >= 0.3 is 0 Å². The third-order valence-corrected chi connectivity index (χ3v) is 4.98. The van der Waals surface area contributed by atoms with Crippen molar-refractivity contribution in [2.45, 2.75) is 64.0 Å². The molecule has 0 bridgehead atoms. The van der Waals surface area contributed by atoms with Crippen LogP contribution in [0.25, 0.3) is 0 Å². The Kier molecular flexibility index (Phi) is 5.02. The van der Waals surface area contributed by atoms with E-state index in [4.69, 9.17) is 11.5 Å². The highest BCUT2D eigenvalue weighted by Gasteiger charge is 2.35. The van der Waals surface area contributed by atoms with Crippen LogP contribution in [-0.2, 0) is 9.59 Å². The van der Waals surface area contributed by atoms with Crippen molar-refractivity contribution in [3.63, 3.8) is 0 Å². The lowest BCUT2D eigenvalue weighted by Gasteiger charge is -2.36. The first-order chi connectivity index (χ1) is 9.49. The molecule has 0 aromatic rings. The number of carbonyl (C=O) groups is 2. The zero-order valence-corrected chi connectivity index (χ0v) is 12.4. The zero-order chi connectivity index (χ0) is 14.7. The van der Waals surface area contributed by atoms with Gasteiger partial charge < -0.3 is 16.4 Å². The summed E-state index contributed by atoms with van der Waals surface area (Å²) in [5.41, 5.74) is 11.4. The van der Waals surface area contributed by atoms with Crippen LogP contribution in [0.5, 0.6) is 0 Å². The number of primary amides is 1. The summed E-state index contributed by atoms with van der Waals surface area (Å²) in [6, 6.07) is 0.294. The van der Waals surface area contributed by atoms with Crippen molar-refractivity contribution >= 4 is 11.8 Å². The molecule has 2 aliphatic rings. The maximum atomic E-state index is 12.7. The summed E-state index contributed by atoms with van der Waals surface area (Å²) in [6.45, 7) is 2.20. The van der Waals surface area contributed by atoms with Gasteiger partial charge in [0.15, 0.2) is 0 Å². The molecule has 0 spiro atoms. The molecule has 0 heterocycles. The third kappa shape index (κ3) is 3.51. The van der Waals surface area contributed by atoms with Crippen LogP contribution >= 0.6 is 0 Å². The Morgan fingerprint density at radius 3 is 2.35 bits per heavy atom. The van der Waals surface area contributed by atoms with Gasteiger partial charge in [-0.05, 0) is 38.0 Å². The highest BCUT2D eigenvalue weighted by Crippen LogP contribution is 2.31. The van der Waals surface area contributed by atoms with Crippen LogP contribution in [0.4, 0.5) is 0 Å². The van der Waals surface area contributed by atoms with E-state index in [1.165, 1.54) is 0 Å². The summed E-state index contributed by atoms with van der Waals surface area (Å²) >= 11 is 0. The molecule has 114 valence electrons. The third-order valence-electron chi connectivity index (χ3n) is 4.98. The molecule has 3 unspecified atom stereocenters. The molecule has 2 fully saturated rings. The van der Waals surface area contributed by atoms with Gasteiger partial charge in [0.1, 0.15) is 0 Å². The largest absolute Gasteiger partial charge is 0.368 e. The monoisotopic (exact) mass is 281 g/mol. The topological polar surface area (TPSA) is 89.4 Å². The molecule has 20 heavy (non-hydrogen) atoms. The van der Waals surface area contributed by atoms with E-state index >= 15 is 0 Å². The van der Waals surface area contributed by atoms with Crippen LogP contribution in [0.15, 0.2) is 0 Å². The maximum absolute atomic E-state index is 12.7. The van der Waals surface area contributed by atoms with Gasteiger partial charge in [0.25, 0.3) is 0 Å². The molecule has 2 amide bonds. The highest BCUT2D eigenvalue weighted by atomic mass is 16.2. The molecule has 3 atom stereocenters. The summed E-state index contributed by atoms with van der Waals surface area (Å²) in [7, 11) is 0. The van der Waals surface area contributed by atoms with Crippen molar-refractivity contribution in [1.29, 1.82) is 0 Å². The van der Waals surface area contributed by atoms with Gasteiger partial charge in [-0.25, -0.2) is 0 Å². The molecule has 2 aliphatic carbocycles. The smallest absolute Gasteiger partial charge is 0.237 e. The second-order valence-electron chi connectivity index (χ2n) is 6.52. The fourth-order valence-electron chi connectivity index (χ4n) is 3.59. The molecule has 4 N–H and O–H groups in total. The number of nitrogens with zero attached hydrogens (tertiary/aromatic N) is 1. The van der Waals surface area contributed by atoms with E-state index in [9.17, 15) is 9.59 Å². The molecule has 0 aromatic heterocycles. The standard InChI is InChI=1S/C15H27N3O2/c1-10-6-7-11(8-13(10)16)15(20)18(9-14(17)19)12-4-2-3-5-12/h10-13H,2-9,16H2,1H3,(H2,17,19). The molecule has 5 heteroatoms. The van der Waals surface area contributed by atoms with Gasteiger partial charge in [-0.1, -0.05) is 19.8 Å². The lowest BCUT2D eigenvalue weighted by molar-refractivity contribution is -0.142. The summed E-state index contributed by atoms with van der Waals surface area (Å²) in [4.78, 5) is 25.7. The van der Waals surface area contributed by atoms with Crippen molar-refractivity contribution in [1.82, 2.24) is 4.90 Å². The molecule has 5 nitrogen and oxygen atoms in total. The van der Waals surface area contributed by atoms with Crippen molar-refractivity contribution < 1.29 is 9.59 Å². The summed E-state index contributed by atoms with van der Waals surface area (Å²) in [5.74, 6) is 0.132. The lowest BCUT2D eigenvalue weighted by Crippen LogP contribution is -2.49. The van der Waals surface area contributed by atoms with Crippen molar-refractivity contribution in [2.24, 2.45) is 23.3 Å². The molecule has 0 aliphatic heterocycles. The zero-order valence-electron chi connectivity index (χ0n) is 12.4. The van der Waals surface area contributed by atoms with Gasteiger partial charge in [-0.3, -0.25) is 9.59 Å². The lowest BCUT2D eigenvalue weighted by atomic mass is 9.79. The van der Waals surface area contributed by atoms with E-state index in [1.54, 1.807) is 4.90 Å². The second-order valence-corrected chi connectivity index (χ2v) is 6.52. The fraction of sp³-hybridized carbons (Fsp3) is 0.867. The molecular formula is C15H27N3O2. The van der Waals surface area contributed by atoms with Gasteiger partial charge in [0, 0.05) is 18.0 Å². The van der Waals surface area contributed by atoms with Gasteiger partial charge in [-0.15, -0.1) is 0 Å². The molecular weight excluding hydrogens is 254 g/mol. The summed E-state index contributed by atoms with van der Waals surface area (Å²) in [5, 5.41) is 0. The van der Waals surface area contributed by atoms with Crippen LogP contribution in [0, 0.1) is 11.8 Å². The average molecular weight is 281 g/mol. The van der Waals surface area contributed by atoms with Crippen LogP contribution in [0.3, 0.4) is 0 Å². The first-order valence-corrected chi connectivity index (χ1v) is 7.83. The first kappa shape index (κ1) is 15.3. The van der Waals surface area contributed by atoms with Crippen LogP contribution in [0.1, 0.15) is 51.9 Å². The molecule has 0 aromatic carbocycles. The predicted octanol–water partition coefficient (Wildman–Crippen LogP) is 1.01. The highest BCUT2D eigenvalue weighted by molar-refractivity contribution is 5.85. The quantitative estimate of drug-likeness (QED) is 0.805. The van der Waals surface area contributed by atoms with Crippen molar-refractivity contribution in [2.75, 3.05) is 6.54 Å². The number of hydrogen-bond donors (Lipinski definition) is 2. The van der Waals surface area contributed by atoms with Crippen molar-refractivity contribution in [3.8, 4) is 0 Å². The summed E-state index contributed by atoms with van der Waals surface area (Å²) < 4.78 is 0. The Morgan fingerprint density at radius 2 is 1.80 bits per heavy atom. The predicted molar refractivity (Wildman–Crippen MR) is 77.6 cm³/mol. The average Bonchev–Trinajstić information content (AvgIpc) is 2.92. The van der Waals surface area contributed by atoms with E-state index in [2.05, 4.69) is 6.92 Å². The Morgan fingerprint density at radius 1 is 1.15 bits per heavy atom. The number of amides is 2. The van der Waals surface area contributed by atoms with E-state index in [-0.39, 0.29) is 30.5 Å². The number of carbonyl (C=O) groups excluding carboxylic acids is 2. The normalized spacial score (nSPS) is 31.2. The van der Waals surface area contributed by atoms with Crippen molar-refractivity contribution in [3.05, 3.63) is 0 Å². The minimum atomic E-state index is -0.418. The minimum Gasteiger partial charge on any atom is -0.368 e. The van der Waals surface area contributed by atoms with Crippen LogP contribution in [0.2, 0.25) is 0 Å². The minimum absolute atomic E-state index is 0.0267. The SMILES string of the molecule is CC1CCC(C(=O)N(CC(N)=O)C2CCCC2)CC1N. The molecule has 0 saturated heterocycles. The maximum Gasteiger partial charge on any atom is 0.237 e. The number of rotatable bonds is 4. The van der Waals surface area contributed by atoms with Gasteiger partial charge in [0.2, 0.25) is 11.8 Å². The van der Waals surface area contributed by atoms with Crippen LogP contribution < -0.4 is 11.5 Å². The first-order valence-electron chi connectivity index (χ1n) is 7.83. The van der Waals surface area contributed by atoms with Gasteiger partial charge in [-0.2, -0.15) is 0 Å². The van der Waals surface area contributed by atoms with E-state index in [0.717, 1.165) is 44.9 Å². The van der Waals surface area contributed by atoms with E-state index in [0.29, 0.717) is 5.92 Å². The molecule has 2 rings (SSSR count). The van der Waals surface area contributed by atoms with Gasteiger partial charge in [0.05, 0.1) is 6.54 Å². The number of nitrogens with two attached hydrogens (primary N) is 2. The van der Waals surface area contributed by atoms with E-state index < -0.39 is 5.91 Å². The Balaban J connectivity index is 2.03. The van der Waals surface area contributed by atoms with Crippen LogP contribution in [-0.4, -0.2) is 35.3 Å². The molecule has 2 saturated carbocycles. The Labute approximate surface area is 121 Å². The Bertz CT molecular complexity index is 366. The Hall–Kier alpha value is -1.10. The second kappa shape index (κ2) is 6.57.